The van der Waals surface area contributed by atoms with E-state index < -0.39 is 6.04 Å². The van der Waals surface area contributed by atoms with Gasteiger partial charge in [-0.3, -0.25) is 9.97 Å². The van der Waals surface area contributed by atoms with Gasteiger partial charge in [-0.25, -0.2) is 4.98 Å². The highest BCUT2D eigenvalue weighted by Gasteiger charge is 2.19. The highest BCUT2D eigenvalue weighted by atomic mass is 16.5. The van der Waals surface area contributed by atoms with E-state index in [1.807, 2.05) is 0 Å². The summed E-state index contributed by atoms with van der Waals surface area (Å²) in [6, 6.07) is 1.31. The highest BCUT2D eigenvalue weighted by Crippen LogP contribution is 2.29. The van der Waals surface area contributed by atoms with Crippen molar-refractivity contribution in [3.63, 3.8) is 0 Å². The summed E-state index contributed by atoms with van der Waals surface area (Å²) < 4.78 is 10.4. The van der Waals surface area contributed by atoms with E-state index in [1.54, 1.807) is 38.0 Å². The number of ether oxygens (including phenoxy) is 2. The molecule has 2 aromatic rings. The average Bonchev–Trinajstić information content (AvgIpc) is 2.46. The Balaban J connectivity index is 2.44. The van der Waals surface area contributed by atoms with Crippen LogP contribution in [0.15, 0.2) is 30.9 Å². The summed E-state index contributed by atoms with van der Waals surface area (Å²) in [6.45, 7) is 0. The monoisotopic (exact) mass is 246 g/mol. The van der Waals surface area contributed by atoms with Crippen molar-refractivity contribution >= 4 is 0 Å². The minimum atomic E-state index is -0.480. The molecule has 2 rings (SSSR count). The first-order valence-electron chi connectivity index (χ1n) is 5.36. The fourth-order valence-electron chi connectivity index (χ4n) is 1.67. The van der Waals surface area contributed by atoms with E-state index in [4.69, 9.17) is 15.2 Å². The quantitative estimate of drug-likeness (QED) is 0.864. The number of nitrogens with zero attached hydrogens (tertiary/aromatic N) is 3. The predicted octanol–water partition coefficient (Wildman–Crippen LogP) is 0.937. The average molecular weight is 246 g/mol. The second-order valence-corrected chi connectivity index (χ2v) is 3.55. The molecule has 0 amide bonds. The maximum Gasteiger partial charge on any atom is 0.237 e. The standard InChI is InChI=1S/C12H14N4O2/c1-17-9-7-14-4-3-8(9)10(13)11-12(18-2)16-6-5-15-11/h3-7,10H,13H2,1-2H3. The van der Waals surface area contributed by atoms with Crippen LogP contribution in [0.25, 0.3) is 0 Å². The number of pyridine rings is 1. The zero-order valence-electron chi connectivity index (χ0n) is 10.2. The van der Waals surface area contributed by atoms with Crippen LogP contribution in [0.2, 0.25) is 0 Å². The third-order valence-electron chi connectivity index (χ3n) is 2.55. The van der Waals surface area contributed by atoms with E-state index in [0.717, 1.165) is 5.56 Å². The molecule has 0 spiro atoms. The molecule has 0 aliphatic carbocycles. The zero-order chi connectivity index (χ0) is 13.0. The van der Waals surface area contributed by atoms with Gasteiger partial charge in [0, 0.05) is 24.2 Å². The summed E-state index contributed by atoms with van der Waals surface area (Å²) in [6.07, 6.45) is 6.39. The molecule has 0 saturated carbocycles. The van der Waals surface area contributed by atoms with Gasteiger partial charge in [0.15, 0.2) is 0 Å². The SMILES string of the molecule is COc1cnccc1C(N)c1nccnc1OC. The molecule has 0 aliphatic rings. The van der Waals surface area contributed by atoms with Crippen molar-refractivity contribution in [1.29, 1.82) is 0 Å². The number of hydrogen-bond acceptors (Lipinski definition) is 6. The van der Waals surface area contributed by atoms with Gasteiger partial charge in [0.25, 0.3) is 0 Å². The number of rotatable bonds is 4. The van der Waals surface area contributed by atoms with Crippen LogP contribution in [0, 0.1) is 0 Å². The lowest BCUT2D eigenvalue weighted by Gasteiger charge is -2.16. The summed E-state index contributed by atoms with van der Waals surface area (Å²) in [5.74, 6) is 1.02. The third kappa shape index (κ3) is 2.23. The van der Waals surface area contributed by atoms with Gasteiger partial charge in [-0.2, -0.15) is 0 Å². The predicted molar refractivity (Wildman–Crippen MR) is 65.4 cm³/mol. The number of nitrogens with two attached hydrogens (primary N) is 1. The van der Waals surface area contributed by atoms with Crippen LogP contribution in [0.1, 0.15) is 17.3 Å². The van der Waals surface area contributed by atoms with Crippen LogP contribution in [-0.4, -0.2) is 29.2 Å². The molecule has 2 heterocycles. The Morgan fingerprint density at radius 3 is 2.61 bits per heavy atom. The molecule has 2 aromatic heterocycles. The maximum absolute atomic E-state index is 6.18. The Morgan fingerprint density at radius 2 is 1.89 bits per heavy atom. The van der Waals surface area contributed by atoms with Gasteiger partial charge in [0.2, 0.25) is 5.88 Å². The minimum Gasteiger partial charge on any atom is -0.495 e. The van der Waals surface area contributed by atoms with Crippen LogP contribution in [0.4, 0.5) is 0 Å². The van der Waals surface area contributed by atoms with E-state index >= 15 is 0 Å². The summed E-state index contributed by atoms with van der Waals surface area (Å²) in [5.41, 5.74) is 7.52. The topological polar surface area (TPSA) is 83.2 Å². The molecule has 0 aromatic carbocycles. The zero-order valence-corrected chi connectivity index (χ0v) is 10.2. The summed E-state index contributed by atoms with van der Waals surface area (Å²) in [7, 11) is 3.10. The highest BCUT2D eigenvalue weighted by molar-refractivity contribution is 5.39. The molecule has 1 unspecified atom stereocenters. The van der Waals surface area contributed by atoms with Gasteiger partial charge in [0.1, 0.15) is 11.4 Å². The molecule has 0 saturated heterocycles. The van der Waals surface area contributed by atoms with Gasteiger partial charge in [-0.1, -0.05) is 0 Å². The van der Waals surface area contributed by atoms with Crippen molar-refractivity contribution in [2.75, 3.05) is 14.2 Å². The number of hydrogen-bond donors (Lipinski definition) is 1. The molecule has 94 valence electrons. The molecule has 6 heteroatoms. The lowest BCUT2D eigenvalue weighted by Crippen LogP contribution is -2.16. The van der Waals surface area contributed by atoms with E-state index in [9.17, 15) is 0 Å². The van der Waals surface area contributed by atoms with Gasteiger partial charge < -0.3 is 15.2 Å². The summed E-state index contributed by atoms with van der Waals surface area (Å²) in [5, 5.41) is 0. The van der Waals surface area contributed by atoms with Crippen molar-refractivity contribution in [2.24, 2.45) is 5.73 Å². The first kappa shape index (κ1) is 12.3. The van der Waals surface area contributed by atoms with E-state index in [1.165, 1.54) is 7.11 Å². The smallest absolute Gasteiger partial charge is 0.237 e. The normalized spacial score (nSPS) is 11.9. The van der Waals surface area contributed by atoms with Crippen LogP contribution in [0.3, 0.4) is 0 Å². The first-order chi connectivity index (χ1) is 8.77. The molecule has 2 N–H and O–H groups in total. The molecule has 0 radical (unpaired) electrons. The van der Waals surface area contributed by atoms with Gasteiger partial charge in [0.05, 0.1) is 26.5 Å². The molecule has 0 fully saturated rings. The molecular formula is C12H14N4O2. The van der Waals surface area contributed by atoms with Gasteiger partial charge >= 0.3 is 0 Å². The molecule has 0 bridgehead atoms. The van der Waals surface area contributed by atoms with Crippen LogP contribution in [-0.2, 0) is 0 Å². The number of aromatic nitrogens is 3. The van der Waals surface area contributed by atoms with Crippen LogP contribution in [0.5, 0.6) is 11.6 Å². The second-order valence-electron chi connectivity index (χ2n) is 3.55. The fraction of sp³-hybridized carbons (Fsp3) is 0.250. The molecular weight excluding hydrogens is 232 g/mol. The van der Waals surface area contributed by atoms with Crippen molar-refractivity contribution in [3.8, 4) is 11.6 Å². The lowest BCUT2D eigenvalue weighted by molar-refractivity contribution is 0.383. The van der Waals surface area contributed by atoms with Crippen molar-refractivity contribution < 1.29 is 9.47 Å². The number of methoxy groups -OCH3 is 2. The lowest BCUT2D eigenvalue weighted by atomic mass is 10.1. The largest absolute Gasteiger partial charge is 0.495 e. The fourth-order valence-corrected chi connectivity index (χ4v) is 1.67. The Kier molecular flexibility index (Phi) is 3.69. The van der Waals surface area contributed by atoms with Crippen molar-refractivity contribution in [1.82, 2.24) is 15.0 Å². The third-order valence-corrected chi connectivity index (χ3v) is 2.55. The Morgan fingerprint density at radius 1 is 1.11 bits per heavy atom. The minimum absolute atomic E-state index is 0.406. The van der Waals surface area contributed by atoms with Crippen molar-refractivity contribution in [3.05, 3.63) is 42.1 Å². The van der Waals surface area contributed by atoms with Crippen LogP contribution < -0.4 is 15.2 Å². The Labute approximate surface area is 105 Å². The molecule has 6 nitrogen and oxygen atoms in total. The van der Waals surface area contributed by atoms with Crippen molar-refractivity contribution in [2.45, 2.75) is 6.04 Å². The summed E-state index contributed by atoms with van der Waals surface area (Å²) in [4.78, 5) is 12.3. The molecule has 18 heavy (non-hydrogen) atoms. The molecule has 1 atom stereocenters. The van der Waals surface area contributed by atoms with E-state index in [2.05, 4.69) is 15.0 Å². The van der Waals surface area contributed by atoms with Gasteiger partial charge in [-0.15, -0.1) is 0 Å². The molecule has 0 aliphatic heterocycles. The van der Waals surface area contributed by atoms with Gasteiger partial charge in [-0.05, 0) is 6.07 Å². The summed E-state index contributed by atoms with van der Waals surface area (Å²) >= 11 is 0. The Hall–Kier alpha value is -2.21. The maximum atomic E-state index is 6.18. The Bertz CT molecular complexity index is 485. The second kappa shape index (κ2) is 5.42. The van der Waals surface area contributed by atoms with E-state index in [-0.39, 0.29) is 0 Å². The van der Waals surface area contributed by atoms with E-state index in [0.29, 0.717) is 17.3 Å². The first-order valence-corrected chi connectivity index (χ1v) is 5.36. The van der Waals surface area contributed by atoms with Crippen LogP contribution >= 0.6 is 0 Å².